The Morgan fingerprint density at radius 1 is 1.00 bits per heavy atom. The van der Waals surface area contributed by atoms with E-state index >= 15 is 0 Å². The van der Waals surface area contributed by atoms with Crippen LogP contribution in [0.3, 0.4) is 0 Å². The fourth-order valence-electron chi connectivity index (χ4n) is 7.31. The van der Waals surface area contributed by atoms with Crippen molar-refractivity contribution in [3.63, 3.8) is 0 Å². The summed E-state index contributed by atoms with van der Waals surface area (Å²) in [5.74, 6) is -0.0322. The predicted octanol–water partition coefficient (Wildman–Crippen LogP) is 4.71. The molecular formula is C33H50ClN5O3. The molecule has 1 aromatic carbocycles. The van der Waals surface area contributed by atoms with E-state index < -0.39 is 17.2 Å². The summed E-state index contributed by atoms with van der Waals surface area (Å²) in [5, 5.41) is 19.1. The molecule has 8 nitrogen and oxygen atoms in total. The number of hydrogen-bond acceptors (Lipinski definition) is 5. The summed E-state index contributed by atoms with van der Waals surface area (Å²) in [5.41, 5.74) is 3.20. The molecule has 3 fully saturated rings. The first kappa shape index (κ1) is 32.5. The monoisotopic (exact) mass is 599 g/mol. The van der Waals surface area contributed by atoms with E-state index in [1.807, 2.05) is 11.0 Å². The van der Waals surface area contributed by atoms with Crippen LogP contribution in [-0.2, 0) is 29.1 Å². The Kier molecular flexibility index (Phi) is 10.8. The molecule has 1 aromatic heterocycles. The number of hydrogen-bond donors (Lipinski definition) is 2. The lowest BCUT2D eigenvalue weighted by atomic mass is 9.77. The number of aliphatic hydroxyl groups is 1. The van der Waals surface area contributed by atoms with Crippen LogP contribution in [0.15, 0.2) is 30.3 Å². The zero-order valence-corrected chi connectivity index (χ0v) is 26.6. The first-order chi connectivity index (χ1) is 19.7. The molecule has 1 aliphatic carbocycles. The summed E-state index contributed by atoms with van der Waals surface area (Å²) in [7, 11) is 0. The molecule has 0 unspecified atom stereocenters. The van der Waals surface area contributed by atoms with Gasteiger partial charge in [0.15, 0.2) is 0 Å². The van der Waals surface area contributed by atoms with Gasteiger partial charge in [-0.25, -0.2) is 0 Å². The van der Waals surface area contributed by atoms with Gasteiger partial charge in [-0.3, -0.25) is 19.2 Å². The summed E-state index contributed by atoms with van der Waals surface area (Å²) in [6.07, 6.45) is 8.90. The Bertz CT molecular complexity index is 1200. The summed E-state index contributed by atoms with van der Waals surface area (Å²) in [4.78, 5) is 32.0. The van der Waals surface area contributed by atoms with Crippen LogP contribution in [0.1, 0.15) is 93.6 Å². The number of benzene rings is 1. The second-order valence-electron chi connectivity index (χ2n) is 12.8. The third-order valence-electron chi connectivity index (χ3n) is 9.96. The van der Waals surface area contributed by atoms with Crippen molar-refractivity contribution in [1.29, 1.82) is 0 Å². The van der Waals surface area contributed by atoms with Crippen LogP contribution in [0.4, 0.5) is 0 Å². The summed E-state index contributed by atoms with van der Waals surface area (Å²) in [6, 6.07) is 9.89. The van der Waals surface area contributed by atoms with Crippen molar-refractivity contribution in [3.05, 3.63) is 52.8 Å². The summed E-state index contributed by atoms with van der Waals surface area (Å²) in [6.45, 7) is 10.1. The van der Waals surface area contributed by atoms with Crippen molar-refractivity contribution < 1.29 is 14.7 Å². The predicted molar refractivity (Wildman–Crippen MR) is 168 cm³/mol. The topological polar surface area (TPSA) is 90.7 Å². The first-order valence-electron chi connectivity index (χ1n) is 15.9. The molecule has 5 rings (SSSR count). The second-order valence-corrected chi connectivity index (χ2v) is 12.8. The zero-order valence-electron chi connectivity index (χ0n) is 25.7. The number of nitrogens with zero attached hydrogens (tertiary/aromatic N) is 4. The fraction of sp³-hybridized carbons (Fsp3) is 0.667. The van der Waals surface area contributed by atoms with Crippen molar-refractivity contribution in [1.82, 2.24) is 24.9 Å². The number of likely N-dealkylation sites (tertiary alicyclic amines) is 1. The van der Waals surface area contributed by atoms with E-state index in [1.54, 1.807) is 0 Å². The van der Waals surface area contributed by atoms with Crippen LogP contribution in [-0.4, -0.2) is 73.3 Å². The minimum atomic E-state index is -0.850. The lowest BCUT2D eigenvalue weighted by molar-refractivity contribution is -0.163. The van der Waals surface area contributed by atoms with E-state index in [1.165, 1.54) is 16.8 Å². The number of piperidine rings is 1. The average Bonchev–Trinajstić information content (AvgIpc) is 3.24. The Morgan fingerprint density at radius 2 is 1.69 bits per heavy atom. The smallest absolute Gasteiger partial charge is 0.246 e. The van der Waals surface area contributed by atoms with E-state index in [0.29, 0.717) is 38.6 Å². The van der Waals surface area contributed by atoms with Gasteiger partial charge in [0.25, 0.3) is 0 Å². The van der Waals surface area contributed by atoms with E-state index in [9.17, 15) is 14.7 Å². The van der Waals surface area contributed by atoms with Crippen molar-refractivity contribution in [3.8, 4) is 0 Å². The van der Waals surface area contributed by atoms with Gasteiger partial charge < -0.3 is 15.3 Å². The number of unbranched alkanes of at least 4 members (excludes halogenated alkanes) is 1. The van der Waals surface area contributed by atoms with Gasteiger partial charge in [0.2, 0.25) is 11.8 Å². The van der Waals surface area contributed by atoms with Crippen LogP contribution < -0.4 is 5.32 Å². The number of aromatic nitrogens is 2. The molecule has 0 radical (unpaired) electrons. The highest BCUT2D eigenvalue weighted by atomic mass is 35.5. The van der Waals surface area contributed by atoms with Gasteiger partial charge in [0, 0.05) is 50.4 Å². The van der Waals surface area contributed by atoms with Crippen molar-refractivity contribution >= 4 is 24.2 Å². The molecule has 42 heavy (non-hydrogen) atoms. The van der Waals surface area contributed by atoms with Gasteiger partial charge in [0.1, 0.15) is 11.6 Å². The van der Waals surface area contributed by atoms with Gasteiger partial charge in [-0.1, -0.05) is 62.9 Å². The number of rotatable bonds is 10. The Morgan fingerprint density at radius 3 is 2.36 bits per heavy atom. The van der Waals surface area contributed by atoms with Crippen LogP contribution in [0.2, 0.25) is 0 Å². The Hall–Kier alpha value is -2.42. The molecule has 0 bridgehead atoms. The number of halogens is 1. The highest BCUT2D eigenvalue weighted by Gasteiger charge is 2.54. The molecule has 9 heteroatoms. The lowest BCUT2D eigenvalue weighted by Gasteiger charge is -2.52. The number of amides is 2. The highest BCUT2D eigenvalue weighted by Crippen LogP contribution is 2.38. The average molecular weight is 600 g/mol. The van der Waals surface area contributed by atoms with Crippen LogP contribution >= 0.6 is 12.4 Å². The SMILES string of the molecule is CCCCN1C(=O)[C@@H](CC2(O)CCCCC2)NC(=O)C12CCN(Cc1c(C)nn(CCc3ccccc3)c1C)CC2.Cl. The molecule has 3 aliphatic rings. The van der Waals surface area contributed by atoms with Gasteiger partial charge in [-0.15, -0.1) is 12.4 Å². The van der Waals surface area contributed by atoms with Crippen molar-refractivity contribution in [2.75, 3.05) is 19.6 Å². The second kappa shape index (κ2) is 13.9. The largest absolute Gasteiger partial charge is 0.390 e. The van der Waals surface area contributed by atoms with Gasteiger partial charge in [-0.05, 0) is 57.9 Å². The molecule has 2 aliphatic heterocycles. The third-order valence-corrected chi connectivity index (χ3v) is 9.96. The van der Waals surface area contributed by atoms with Gasteiger partial charge in [0.05, 0.1) is 11.3 Å². The fourth-order valence-corrected chi connectivity index (χ4v) is 7.31. The summed E-state index contributed by atoms with van der Waals surface area (Å²) < 4.78 is 2.13. The maximum atomic E-state index is 13.9. The van der Waals surface area contributed by atoms with E-state index in [4.69, 9.17) is 5.10 Å². The van der Waals surface area contributed by atoms with Crippen LogP contribution in [0.25, 0.3) is 0 Å². The summed E-state index contributed by atoms with van der Waals surface area (Å²) >= 11 is 0. The number of aryl methyl sites for hydroxylation is 3. The number of piperazine rings is 1. The molecule has 2 N–H and O–H groups in total. The van der Waals surface area contributed by atoms with Gasteiger partial charge in [-0.2, -0.15) is 5.10 Å². The number of carbonyl (C=O) groups excluding carboxylic acids is 2. The standard InChI is InChI=1S/C33H49N5O3.ClH/c1-4-5-19-37-30(39)29(23-32(41)15-10-7-11-16-32)34-31(40)33(37)17-21-36(22-18-33)24-28-25(2)35-38(26(28)3)20-14-27-12-8-6-9-13-27;/h6,8-9,12-13,29,41H,4-5,7,10-11,14-24H2,1-3H3,(H,34,40);1H/t29-;/m1./s1. The van der Waals surface area contributed by atoms with E-state index in [2.05, 4.69) is 59.9 Å². The molecule has 2 amide bonds. The zero-order chi connectivity index (χ0) is 29.0. The van der Waals surface area contributed by atoms with E-state index in [-0.39, 0.29) is 24.2 Å². The number of nitrogens with one attached hydrogen (secondary N) is 1. The molecule has 1 spiro atoms. The minimum Gasteiger partial charge on any atom is -0.390 e. The molecule has 232 valence electrons. The molecule has 2 saturated heterocycles. The number of carbonyl (C=O) groups is 2. The molecule has 1 saturated carbocycles. The van der Waals surface area contributed by atoms with E-state index in [0.717, 1.165) is 70.4 Å². The van der Waals surface area contributed by atoms with Gasteiger partial charge >= 0.3 is 0 Å². The highest BCUT2D eigenvalue weighted by molar-refractivity contribution is 6.00. The molecule has 1 atom stereocenters. The first-order valence-corrected chi connectivity index (χ1v) is 15.9. The quantitative estimate of drug-likeness (QED) is 0.413. The molecular weight excluding hydrogens is 550 g/mol. The molecule has 2 aromatic rings. The maximum Gasteiger partial charge on any atom is 0.246 e. The van der Waals surface area contributed by atoms with Crippen molar-refractivity contribution in [2.45, 2.75) is 122 Å². The third kappa shape index (κ3) is 6.87. The Balaban J connectivity index is 0.00000405. The minimum absolute atomic E-state index is 0. The lowest BCUT2D eigenvalue weighted by Crippen LogP contribution is -2.73. The van der Waals surface area contributed by atoms with Crippen LogP contribution in [0.5, 0.6) is 0 Å². The maximum absolute atomic E-state index is 13.9. The molecule has 3 heterocycles. The normalized spacial score (nSPS) is 22.2. The van der Waals surface area contributed by atoms with Crippen LogP contribution in [0, 0.1) is 13.8 Å². The van der Waals surface area contributed by atoms with Crippen molar-refractivity contribution in [2.24, 2.45) is 0 Å². The Labute approximate surface area is 257 Å².